The third-order valence-electron chi connectivity index (χ3n) is 3.66. The molecule has 0 radical (unpaired) electrons. The molecule has 1 aliphatic carbocycles. The van der Waals surface area contributed by atoms with E-state index in [-0.39, 0.29) is 5.41 Å². The van der Waals surface area contributed by atoms with Gasteiger partial charge in [-0.2, -0.15) is 0 Å². The van der Waals surface area contributed by atoms with Crippen LogP contribution in [0.4, 0.5) is 0 Å². The second kappa shape index (κ2) is 2.98. The van der Waals surface area contributed by atoms with E-state index in [9.17, 15) is 4.79 Å². The van der Waals surface area contributed by atoms with Crippen LogP contribution in [0.25, 0.3) is 0 Å². The zero-order valence-corrected chi connectivity index (χ0v) is 9.71. The van der Waals surface area contributed by atoms with E-state index in [1.54, 1.807) is 0 Å². The topological polar surface area (TPSA) is 20.3 Å². The molecule has 80 valence electrons. The average molecular weight is 195 g/mol. The predicted molar refractivity (Wildman–Crippen MR) is 56.8 cm³/mol. The smallest absolute Gasteiger partial charge is 0.222 e. The maximum Gasteiger partial charge on any atom is 0.222 e. The number of amides is 1. The molecule has 2 fully saturated rings. The number of hydrogen-bond donors (Lipinski definition) is 0. The van der Waals surface area contributed by atoms with Gasteiger partial charge in [0.25, 0.3) is 0 Å². The fourth-order valence-electron chi connectivity index (χ4n) is 3.03. The van der Waals surface area contributed by atoms with E-state index in [0.29, 0.717) is 18.4 Å². The zero-order chi connectivity index (χ0) is 10.5. The Kier molecular flexibility index (Phi) is 2.13. The molecule has 0 aromatic carbocycles. The van der Waals surface area contributed by atoms with Crippen LogP contribution in [0, 0.1) is 17.3 Å². The summed E-state index contributed by atoms with van der Waals surface area (Å²) in [6.45, 7) is 9.77. The Bertz CT molecular complexity index is 254. The average Bonchev–Trinajstić information content (AvgIpc) is 2.72. The van der Waals surface area contributed by atoms with Gasteiger partial charge in [0, 0.05) is 19.0 Å². The molecule has 1 amide bonds. The minimum Gasteiger partial charge on any atom is -0.339 e. The lowest BCUT2D eigenvalue weighted by Crippen LogP contribution is -2.45. The number of piperidine rings is 1. The van der Waals surface area contributed by atoms with E-state index in [1.165, 1.54) is 6.42 Å². The molecular formula is C12H21NO. The summed E-state index contributed by atoms with van der Waals surface area (Å²) in [6.07, 6.45) is 2.02. The normalized spacial score (nSPS) is 35.7. The molecule has 0 aromatic heterocycles. The van der Waals surface area contributed by atoms with Crippen LogP contribution >= 0.6 is 0 Å². The van der Waals surface area contributed by atoms with E-state index in [0.717, 1.165) is 18.4 Å². The van der Waals surface area contributed by atoms with Crippen molar-refractivity contribution in [1.29, 1.82) is 0 Å². The van der Waals surface area contributed by atoms with Gasteiger partial charge in [-0.3, -0.25) is 4.79 Å². The van der Waals surface area contributed by atoms with Gasteiger partial charge in [-0.1, -0.05) is 27.7 Å². The van der Waals surface area contributed by atoms with Crippen LogP contribution in [0.1, 0.15) is 40.5 Å². The third kappa shape index (κ3) is 1.45. The molecule has 0 spiro atoms. The van der Waals surface area contributed by atoms with Crippen molar-refractivity contribution >= 4 is 5.91 Å². The predicted octanol–water partition coefficient (Wildman–Crippen LogP) is 2.29. The van der Waals surface area contributed by atoms with Crippen molar-refractivity contribution in [3.8, 4) is 0 Å². The quantitative estimate of drug-likeness (QED) is 0.628. The molecule has 14 heavy (non-hydrogen) atoms. The summed E-state index contributed by atoms with van der Waals surface area (Å²) in [7, 11) is 0. The number of nitrogens with zero attached hydrogens (tertiary/aromatic N) is 1. The Morgan fingerprint density at radius 3 is 2.57 bits per heavy atom. The number of hydrogen-bond acceptors (Lipinski definition) is 1. The van der Waals surface area contributed by atoms with Gasteiger partial charge < -0.3 is 4.90 Å². The van der Waals surface area contributed by atoms with Crippen LogP contribution < -0.4 is 0 Å². The lowest BCUT2D eigenvalue weighted by atomic mass is 9.83. The Labute approximate surface area is 86.7 Å². The maximum absolute atomic E-state index is 11.8. The van der Waals surface area contributed by atoms with E-state index < -0.39 is 0 Å². The highest BCUT2D eigenvalue weighted by Crippen LogP contribution is 2.54. The van der Waals surface area contributed by atoms with Crippen LogP contribution in [-0.4, -0.2) is 23.4 Å². The molecule has 1 saturated carbocycles. The summed E-state index contributed by atoms with van der Waals surface area (Å²) in [5, 5.41) is 0. The summed E-state index contributed by atoms with van der Waals surface area (Å²) >= 11 is 0. The number of carbonyl (C=O) groups is 1. The molecule has 1 saturated heterocycles. The highest BCUT2D eigenvalue weighted by atomic mass is 16.2. The summed E-state index contributed by atoms with van der Waals surface area (Å²) in [4.78, 5) is 13.9. The second-order valence-electron chi connectivity index (χ2n) is 5.87. The first-order valence-corrected chi connectivity index (χ1v) is 5.74. The Morgan fingerprint density at radius 1 is 1.43 bits per heavy atom. The lowest BCUT2D eigenvalue weighted by molar-refractivity contribution is -0.134. The molecule has 2 heteroatoms. The minimum atomic E-state index is 0.251. The van der Waals surface area contributed by atoms with Crippen molar-refractivity contribution in [3.05, 3.63) is 0 Å². The van der Waals surface area contributed by atoms with Gasteiger partial charge in [-0.25, -0.2) is 0 Å². The highest BCUT2D eigenvalue weighted by Gasteiger charge is 2.56. The largest absolute Gasteiger partial charge is 0.339 e. The van der Waals surface area contributed by atoms with Crippen molar-refractivity contribution < 1.29 is 4.79 Å². The Morgan fingerprint density at radius 2 is 2.07 bits per heavy atom. The monoisotopic (exact) mass is 195 g/mol. The molecular weight excluding hydrogens is 174 g/mol. The van der Waals surface area contributed by atoms with Gasteiger partial charge in [-0.15, -0.1) is 0 Å². The zero-order valence-electron chi connectivity index (χ0n) is 9.71. The van der Waals surface area contributed by atoms with Crippen LogP contribution in [0.15, 0.2) is 0 Å². The van der Waals surface area contributed by atoms with Crippen molar-refractivity contribution in [1.82, 2.24) is 4.90 Å². The van der Waals surface area contributed by atoms with Gasteiger partial charge in [-0.05, 0) is 23.7 Å². The maximum atomic E-state index is 11.8. The molecule has 2 nitrogen and oxygen atoms in total. The first kappa shape index (κ1) is 10.0. The number of likely N-dealkylation sites (tertiary alicyclic amines) is 1. The van der Waals surface area contributed by atoms with Crippen molar-refractivity contribution in [2.24, 2.45) is 17.3 Å². The van der Waals surface area contributed by atoms with Crippen LogP contribution in [-0.2, 0) is 4.79 Å². The summed E-state index contributed by atoms with van der Waals surface area (Å²) in [6, 6.07) is 0.500. The Balaban J connectivity index is 2.15. The lowest BCUT2D eigenvalue weighted by Gasteiger charge is -2.37. The summed E-state index contributed by atoms with van der Waals surface area (Å²) < 4.78 is 0. The SMILES string of the molecule is CCC(=O)N1CC2CC2C1C(C)(C)C. The van der Waals surface area contributed by atoms with Crippen molar-refractivity contribution in [3.63, 3.8) is 0 Å². The summed E-state index contributed by atoms with van der Waals surface area (Å²) in [5.74, 6) is 1.98. The fourth-order valence-corrected chi connectivity index (χ4v) is 3.03. The van der Waals surface area contributed by atoms with Gasteiger partial charge >= 0.3 is 0 Å². The van der Waals surface area contributed by atoms with Gasteiger partial charge in [0.15, 0.2) is 0 Å². The van der Waals surface area contributed by atoms with E-state index >= 15 is 0 Å². The Hall–Kier alpha value is -0.530. The number of carbonyl (C=O) groups excluding carboxylic acids is 1. The van der Waals surface area contributed by atoms with Crippen LogP contribution in [0.2, 0.25) is 0 Å². The van der Waals surface area contributed by atoms with Crippen LogP contribution in [0.3, 0.4) is 0 Å². The molecule has 2 rings (SSSR count). The minimum absolute atomic E-state index is 0.251. The molecule has 1 heterocycles. The first-order chi connectivity index (χ1) is 6.45. The molecule has 1 aliphatic heterocycles. The standard InChI is InChI=1S/C12H21NO/c1-5-10(14)13-7-8-6-9(8)11(13)12(2,3)4/h8-9,11H,5-7H2,1-4H3. The van der Waals surface area contributed by atoms with Gasteiger partial charge in [0.05, 0.1) is 0 Å². The molecule has 0 bridgehead atoms. The van der Waals surface area contributed by atoms with E-state index in [1.807, 2.05) is 6.92 Å². The first-order valence-electron chi connectivity index (χ1n) is 5.74. The van der Waals surface area contributed by atoms with E-state index in [2.05, 4.69) is 25.7 Å². The second-order valence-corrected chi connectivity index (χ2v) is 5.87. The molecule has 2 aliphatic rings. The number of rotatable bonds is 1. The van der Waals surface area contributed by atoms with E-state index in [4.69, 9.17) is 0 Å². The van der Waals surface area contributed by atoms with Crippen LogP contribution in [0.5, 0.6) is 0 Å². The van der Waals surface area contributed by atoms with Gasteiger partial charge in [0.1, 0.15) is 0 Å². The van der Waals surface area contributed by atoms with Crippen molar-refractivity contribution in [2.45, 2.75) is 46.6 Å². The molecule has 3 unspecified atom stereocenters. The molecule has 0 N–H and O–H groups in total. The third-order valence-corrected chi connectivity index (χ3v) is 3.66. The molecule has 3 atom stereocenters. The van der Waals surface area contributed by atoms with Crippen molar-refractivity contribution in [2.75, 3.05) is 6.54 Å². The summed E-state index contributed by atoms with van der Waals surface area (Å²) in [5.41, 5.74) is 0.251. The fraction of sp³-hybridized carbons (Fsp3) is 0.917. The number of fused-ring (bicyclic) bond motifs is 1. The molecule has 0 aromatic rings. The van der Waals surface area contributed by atoms with Gasteiger partial charge in [0.2, 0.25) is 5.91 Å². The highest BCUT2D eigenvalue weighted by molar-refractivity contribution is 5.77.